The van der Waals surface area contributed by atoms with E-state index in [4.69, 9.17) is 8.94 Å². The second-order valence-electron chi connectivity index (χ2n) is 6.36. The first-order chi connectivity index (χ1) is 14.0. The van der Waals surface area contributed by atoms with E-state index >= 15 is 0 Å². The molecule has 0 saturated heterocycles. The van der Waals surface area contributed by atoms with E-state index in [2.05, 4.69) is 20.6 Å². The van der Waals surface area contributed by atoms with Crippen LogP contribution < -0.4 is 11.0 Å². The van der Waals surface area contributed by atoms with Crippen molar-refractivity contribution in [2.75, 3.05) is 5.43 Å². The average molecular weight is 407 g/mol. The van der Waals surface area contributed by atoms with Crippen molar-refractivity contribution in [3.05, 3.63) is 63.3 Å². The number of rotatable bonds is 3. The second-order valence-corrected chi connectivity index (χ2v) is 7.25. The fraction of sp³-hybridized carbons (Fsp3) is 0.105. The SMILES string of the molecule is Cc1noc2nc(-c3ccco3)cc(C(=O)Nn3c(C)nc4sccc4c3=O)c12. The molecule has 0 unspecified atom stereocenters. The Morgan fingerprint density at radius 3 is 2.90 bits per heavy atom. The number of carbonyl (C=O) groups is 1. The largest absolute Gasteiger partial charge is 0.463 e. The third kappa shape index (κ3) is 2.72. The van der Waals surface area contributed by atoms with Gasteiger partial charge < -0.3 is 8.94 Å². The normalized spacial score (nSPS) is 11.4. The molecule has 5 aromatic rings. The van der Waals surface area contributed by atoms with E-state index in [0.29, 0.717) is 38.6 Å². The zero-order valence-corrected chi connectivity index (χ0v) is 16.1. The molecule has 9 nitrogen and oxygen atoms in total. The van der Waals surface area contributed by atoms with E-state index < -0.39 is 5.91 Å². The minimum Gasteiger partial charge on any atom is -0.463 e. The van der Waals surface area contributed by atoms with Crippen LogP contribution in [0.4, 0.5) is 0 Å². The Morgan fingerprint density at radius 1 is 1.24 bits per heavy atom. The molecule has 0 aliphatic rings. The monoisotopic (exact) mass is 407 g/mol. The van der Waals surface area contributed by atoms with Crippen molar-refractivity contribution in [3.63, 3.8) is 0 Å². The van der Waals surface area contributed by atoms with Crippen LogP contribution in [0.3, 0.4) is 0 Å². The Hall–Kier alpha value is -3.79. The van der Waals surface area contributed by atoms with E-state index in [9.17, 15) is 9.59 Å². The van der Waals surface area contributed by atoms with Gasteiger partial charge >= 0.3 is 0 Å². The predicted molar refractivity (Wildman–Crippen MR) is 107 cm³/mol. The number of fused-ring (bicyclic) bond motifs is 2. The molecule has 0 aliphatic carbocycles. The van der Waals surface area contributed by atoms with Gasteiger partial charge in [-0.3, -0.25) is 15.0 Å². The van der Waals surface area contributed by atoms with Crippen LogP contribution >= 0.6 is 11.3 Å². The third-order valence-electron chi connectivity index (χ3n) is 4.51. The van der Waals surface area contributed by atoms with Gasteiger partial charge in [-0.15, -0.1) is 11.3 Å². The highest BCUT2D eigenvalue weighted by atomic mass is 32.1. The summed E-state index contributed by atoms with van der Waals surface area (Å²) in [6, 6.07) is 6.71. The van der Waals surface area contributed by atoms with Crippen LogP contribution in [-0.4, -0.2) is 25.7 Å². The Balaban J connectivity index is 1.65. The van der Waals surface area contributed by atoms with Crippen LogP contribution in [0.25, 0.3) is 32.8 Å². The van der Waals surface area contributed by atoms with E-state index in [1.807, 2.05) is 0 Å². The molecule has 0 atom stereocenters. The maximum atomic E-state index is 13.2. The number of nitrogens with zero attached hydrogens (tertiary/aromatic N) is 4. The van der Waals surface area contributed by atoms with Gasteiger partial charge in [0.1, 0.15) is 16.3 Å². The summed E-state index contributed by atoms with van der Waals surface area (Å²) in [5.41, 5.74) is 3.69. The molecule has 1 N–H and O–H groups in total. The summed E-state index contributed by atoms with van der Waals surface area (Å²) in [6.45, 7) is 3.37. The molecule has 0 radical (unpaired) electrons. The average Bonchev–Trinajstić information content (AvgIpc) is 3.45. The predicted octanol–water partition coefficient (Wildman–Crippen LogP) is 3.25. The number of nitrogens with one attached hydrogen (secondary N) is 1. The highest BCUT2D eigenvalue weighted by molar-refractivity contribution is 7.16. The summed E-state index contributed by atoms with van der Waals surface area (Å²) in [5, 5.41) is 6.60. The number of hydrogen-bond donors (Lipinski definition) is 1. The van der Waals surface area contributed by atoms with E-state index in [0.717, 1.165) is 4.68 Å². The lowest BCUT2D eigenvalue weighted by Gasteiger charge is -2.12. The molecule has 29 heavy (non-hydrogen) atoms. The van der Waals surface area contributed by atoms with E-state index in [1.165, 1.54) is 17.6 Å². The molecule has 0 saturated carbocycles. The van der Waals surface area contributed by atoms with Crippen molar-refractivity contribution in [2.24, 2.45) is 0 Å². The van der Waals surface area contributed by atoms with Crippen LogP contribution in [0.5, 0.6) is 0 Å². The number of furan rings is 1. The van der Waals surface area contributed by atoms with Crippen LogP contribution in [0.15, 0.2) is 49.6 Å². The molecular formula is C19H13N5O4S. The van der Waals surface area contributed by atoms with Gasteiger partial charge in [0.2, 0.25) is 0 Å². The Bertz CT molecular complexity index is 1450. The van der Waals surface area contributed by atoms with Crippen LogP contribution in [0.2, 0.25) is 0 Å². The number of aromatic nitrogens is 4. The standard InChI is InChI=1S/C19H13N5O4S/c1-9-15-12(8-13(14-4-3-6-27-14)21-17(15)28-23-9)16(25)22-24-10(2)20-18-11(19(24)26)5-7-29-18/h3-8H,1-2H3,(H,22,25). The lowest BCUT2D eigenvalue weighted by atomic mass is 10.1. The highest BCUT2D eigenvalue weighted by Crippen LogP contribution is 2.27. The zero-order chi connectivity index (χ0) is 20.1. The molecule has 144 valence electrons. The van der Waals surface area contributed by atoms with Crippen molar-refractivity contribution in [1.29, 1.82) is 0 Å². The summed E-state index contributed by atoms with van der Waals surface area (Å²) < 4.78 is 11.8. The lowest BCUT2D eigenvalue weighted by molar-refractivity contribution is 0.101. The van der Waals surface area contributed by atoms with Crippen molar-refractivity contribution in [1.82, 2.24) is 19.8 Å². The number of aryl methyl sites for hydroxylation is 2. The number of carbonyl (C=O) groups excluding carboxylic acids is 1. The van der Waals surface area contributed by atoms with Gasteiger partial charge in [0.05, 0.1) is 28.3 Å². The fourth-order valence-corrected chi connectivity index (χ4v) is 3.93. The van der Waals surface area contributed by atoms with Gasteiger partial charge in [-0.25, -0.2) is 14.6 Å². The molecule has 0 aromatic carbocycles. The van der Waals surface area contributed by atoms with Crippen molar-refractivity contribution < 1.29 is 13.7 Å². The summed E-state index contributed by atoms with van der Waals surface area (Å²) in [4.78, 5) is 35.3. The Morgan fingerprint density at radius 2 is 2.10 bits per heavy atom. The summed E-state index contributed by atoms with van der Waals surface area (Å²) in [6.07, 6.45) is 1.51. The summed E-state index contributed by atoms with van der Waals surface area (Å²) in [7, 11) is 0. The van der Waals surface area contributed by atoms with Gasteiger partial charge in [0.15, 0.2) is 5.76 Å². The molecule has 0 spiro atoms. The van der Waals surface area contributed by atoms with Crippen LogP contribution in [0, 0.1) is 13.8 Å². The van der Waals surface area contributed by atoms with E-state index in [-0.39, 0.29) is 16.8 Å². The first-order valence-corrected chi connectivity index (χ1v) is 9.50. The van der Waals surface area contributed by atoms with Gasteiger partial charge in [-0.2, -0.15) is 0 Å². The molecule has 1 amide bonds. The van der Waals surface area contributed by atoms with Crippen molar-refractivity contribution in [2.45, 2.75) is 13.8 Å². The van der Waals surface area contributed by atoms with Crippen molar-refractivity contribution >= 4 is 38.6 Å². The number of pyridine rings is 1. The second kappa shape index (κ2) is 6.38. The van der Waals surface area contributed by atoms with Crippen LogP contribution in [0.1, 0.15) is 21.9 Å². The van der Waals surface area contributed by atoms with Crippen molar-refractivity contribution in [3.8, 4) is 11.5 Å². The third-order valence-corrected chi connectivity index (χ3v) is 5.32. The number of amides is 1. The number of thiophene rings is 1. The minimum atomic E-state index is -0.516. The first-order valence-electron chi connectivity index (χ1n) is 8.62. The molecule has 0 bridgehead atoms. The maximum Gasteiger partial charge on any atom is 0.281 e. The van der Waals surface area contributed by atoms with E-state index in [1.54, 1.807) is 43.5 Å². The summed E-state index contributed by atoms with van der Waals surface area (Å²) >= 11 is 1.37. The van der Waals surface area contributed by atoms with Gasteiger partial charge in [0, 0.05) is 0 Å². The minimum absolute atomic E-state index is 0.206. The van der Waals surface area contributed by atoms with Gasteiger partial charge in [-0.1, -0.05) is 5.16 Å². The summed E-state index contributed by atoms with van der Waals surface area (Å²) in [5.74, 6) is 0.333. The molecule has 5 aromatic heterocycles. The molecule has 10 heteroatoms. The Kier molecular flexibility index (Phi) is 3.81. The lowest BCUT2D eigenvalue weighted by Crippen LogP contribution is -2.35. The van der Waals surface area contributed by atoms with Gasteiger partial charge in [0.25, 0.3) is 17.2 Å². The molecule has 0 fully saturated rings. The first kappa shape index (κ1) is 17.3. The van der Waals surface area contributed by atoms with Gasteiger partial charge in [-0.05, 0) is 43.5 Å². The zero-order valence-electron chi connectivity index (χ0n) is 15.3. The molecule has 5 heterocycles. The molecule has 0 aliphatic heterocycles. The fourth-order valence-electron chi connectivity index (χ4n) is 3.13. The Labute approximate surface area is 166 Å². The quantitative estimate of drug-likeness (QED) is 0.488. The molecular weight excluding hydrogens is 394 g/mol. The smallest absolute Gasteiger partial charge is 0.281 e. The topological polar surface area (TPSA) is 116 Å². The van der Waals surface area contributed by atoms with Crippen LogP contribution in [-0.2, 0) is 0 Å². The number of hydrogen-bond acceptors (Lipinski definition) is 8. The maximum absolute atomic E-state index is 13.2. The highest BCUT2D eigenvalue weighted by Gasteiger charge is 2.21. The molecule has 5 rings (SSSR count).